The SMILES string of the molecule is c1ccc(-c2cccc(-c3cc(-c4nc(-c5ccc6ccccc6c5)nc(-c5cccc6ccccc56)n4)cc(-c4ccccc4)c3-n3c4ccccc4c4cc5ccccc5cc43)c2)cc1. The molecule has 0 spiro atoms. The summed E-state index contributed by atoms with van der Waals surface area (Å²) in [5.41, 5.74) is 12.7. The van der Waals surface area contributed by atoms with Crippen molar-refractivity contribution in [3.63, 3.8) is 0 Å². The van der Waals surface area contributed by atoms with Crippen molar-refractivity contribution < 1.29 is 0 Å². The van der Waals surface area contributed by atoms with Crippen LogP contribution in [0.4, 0.5) is 0 Å². The average molecular weight is 853 g/mol. The summed E-state index contributed by atoms with van der Waals surface area (Å²) >= 11 is 0. The van der Waals surface area contributed by atoms with Gasteiger partial charge in [0.1, 0.15) is 0 Å². The number of aromatic nitrogens is 4. The Hall–Kier alpha value is -8.99. The normalized spacial score (nSPS) is 11.6. The second-order valence-electron chi connectivity index (χ2n) is 17.2. The molecule has 0 N–H and O–H groups in total. The fourth-order valence-electron chi connectivity index (χ4n) is 9.96. The van der Waals surface area contributed by atoms with E-state index >= 15 is 0 Å². The van der Waals surface area contributed by atoms with Crippen LogP contribution in [0.2, 0.25) is 0 Å². The molecular formula is C63H40N4. The zero-order valence-corrected chi connectivity index (χ0v) is 36.4. The molecule has 4 nitrogen and oxygen atoms in total. The molecule has 0 amide bonds. The minimum atomic E-state index is 0.596. The minimum Gasteiger partial charge on any atom is -0.308 e. The van der Waals surface area contributed by atoms with Gasteiger partial charge < -0.3 is 4.57 Å². The molecule has 0 atom stereocenters. The predicted octanol–water partition coefficient (Wildman–Crippen LogP) is 16.4. The Balaban J connectivity index is 1.15. The highest BCUT2D eigenvalue weighted by Gasteiger charge is 2.24. The summed E-state index contributed by atoms with van der Waals surface area (Å²) in [6, 6.07) is 86.8. The van der Waals surface area contributed by atoms with Crippen molar-refractivity contribution in [2.75, 3.05) is 0 Å². The molecule has 2 heterocycles. The zero-order valence-electron chi connectivity index (χ0n) is 36.4. The van der Waals surface area contributed by atoms with E-state index in [9.17, 15) is 0 Å². The van der Waals surface area contributed by atoms with Gasteiger partial charge in [0.15, 0.2) is 17.5 Å². The summed E-state index contributed by atoms with van der Waals surface area (Å²) in [5, 5.41) is 9.32. The van der Waals surface area contributed by atoms with E-state index in [2.05, 4.69) is 247 Å². The maximum Gasteiger partial charge on any atom is 0.164 e. The summed E-state index contributed by atoms with van der Waals surface area (Å²) in [7, 11) is 0. The second-order valence-corrected chi connectivity index (χ2v) is 17.2. The Morgan fingerprint density at radius 2 is 0.776 bits per heavy atom. The number of para-hydroxylation sites is 1. The number of fused-ring (bicyclic) bond motifs is 6. The van der Waals surface area contributed by atoms with Crippen LogP contribution >= 0.6 is 0 Å². The molecule has 312 valence electrons. The van der Waals surface area contributed by atoms with Gasteiger partial charge in [-0.2, -0.15) is 0 Å². The van der Waals surface area contributed by atoms with Crippen LogP contribution in [0.5, 0.6) is 0 Å². The first-order valence-corrected chi connectivity index (χ1v) is 22.8. The highest BCUT2D eigenvalue weighted by atomic mass is 15.0. The van der Waals surface area contributed by atoms with Crippen LogP contribution in [0.3, 0.4) is 0 Å². The van der Waals surface area contributed by atoms with Gasteiger partial charge in [0.25, 0.3) is 0 Å². The van der Waals surface area contributed by atoms with Crippen LogP contribution < -0.4 is 0 Å². The number of rotatable bonds is 7. The van der Waals surface area contributed by atoms with Crippen molar-refractivity contribution in [3.8, 4) is 73.2 Å². The van der Waals surface area contributed by atoms with E-state index in [1.807, 2.05) is 0 Å². The Morgan fingerprint density at radius 3 is 1.55 bits per heavy atom. The Labute approximate surface area is 387 Å². The third-order valence-electron chi connectivity index (χ3n) is 13.2. The third kappa shape index (κ3) is 6.74. The lowest BCUT2D eigenvalue weighted by Gasteiger charge is -2.21. The topological polar surface area (TPSA) is 43.6 Å². The van der Waals surface area contributed by atoms with Crippen LogP contribution in [0.25, 0.3) is 127 Å². The van der Waals surface area contributed by atoms with Gasteiger partial charge in [-0.05, 0) is 97.0 Å². The van der Waals surface area contributed by atoms with Crippen molar-refractivity contribution in [1.82, 2.24) is 19.5 Å². The molecule has 0 aliphatic heterocycles. The van der Waals surface area contributed by atoms with Gasteiger partial charge in [0.2, 0.25) is 0 Å². The number of hydrogen-bond donors (Lipinski definition) is 0. The quantitative estimate of drug-likeness (QED) is 0.160. The number of nitrogens with zero attached hydrogens (tertiary/aromatic N) is 4. The van der Waals surface area contributed by atoms with Crippen molar-refractivity contribution in [1.29, 1.82) is 0 Å². The monoisotopic (exact) mass is 852 g/mol. The van der Waals surface area contributed by atoms with E-state index in [0.717, 1.165) is 83.0 Å². The van der Waals surface area contributed by atoms with Gasteiger partial charge in [-0.25, -0.2) is 15.0 Å². The van der Waals surface area contributed by atoms with Crippen molar-refractivity contribution in [2.45, 2.75) is 0 Å². The average Bonchev–Trinajstić information content (AvgIpc) is 3.72. The van der Waals surface area contributed by atoms with Gasteiger partial charge in [0, 0.05) is 38.6 Å². The Morgan fingerprint density at radius 1 is 0.239 bits per heavy atom. The predicted molar refractivity (Wildman–Crippen MR) is 279 cm³/mol. The molecule has 0 bridgehead atoms. The van der Waals surface area contributed by atoms with Gasteiger partial charge in [-0.3, -0.25) is 0 Å². The Bertz CT molecular complexity index is 4030. The molecule has 0 fully saturated rings. The first kappa shape index (κ1) is 38.5. The Kier molecular flexibility index (Phi) is 9.14. The van der Waals surface area contributed by atoms with Crippen LogP contribution in [-0.2, 0) is 0 Å². The van der Waals surface area contributed by atoms with Crippen molar-refractivity contribution in [3.05, 3.63) is 243 Å². The lowest BCUT2D eigenvalue weighted by molar-refractivity contribution is 1.08. The van der Waals surface area contributed by atoms with Crippen molar-refractivity contribution in [2.24, 2.45) is 0 Å². The van der Waals surface area contributed by atoms with Gasteiger partial charge in [-0.15, -0.1) is 0 Å². The first-order valence-electron chi connectivity index (χ1n) is 22.8. The summed E-state index contributed by atoms with van der Waals surface area (Å²) in [6.07, 6.45) is 0. The van der Waals surface area contributed by atoms with Crippen LogP contribution in [0.1, 0.15) is 0 Å². The van der Waals surface area contributed by atoms with E-state index in [4.69, 9.17) is 15.0 Å². The molecule has 4 heteroatoms. The van der Waals surface area contributed by atoms with E-state index in [0.29, 0.717) is 17.5 Å². The van der Waals surface area contributed by atoms with E-state index in [-0.39, 0.29) is 0 Å². The lowest BCUT2D eigenvalue weighted by atomic mass is 9.91. The molecule has 0 aliphatic rings. The fraction of sp³-hybridized carbons (Fsp3) is 0. The molecule has 11 aromatic carbocycles. The molecule has 13 rings (SSSR count). The lowest BCUT2D eigenvalue weighted by Crippen LogP contribution is -2.04. The van der Waals surface area contributed by atoms with Gasteiger partial charge in [0.05, 0.1) is 16.7 Å². The molecular weight excluding hydrogens is 813 g/mol. The maximum atomic E-state index is 5.44. The van der Waals surface area contributed by atoms with E-state index in [1.54, 1.807) is 0 Å². The summed E-state index contributed by atoms with van der Waals surface area (Å²) in [6.45, 7) is 0. The highest BCUT2D eigenvalue weighted by Crippen LogP contribution is 2.45. The van der Waals surface area contributed by atoms with E-state index < -0.39 is 0 Å². The third-order valence-corrected chi connectivity index (χ3v) is 13.2. The maximum absolute atomic E-state index is 5.44. The molecule has 13 aromatic rings. The number of benzene rings is 11. The smallest absolute Gasteiger partial charge is 0.164 e. The summed E-state index contributed by atoms with van der Waals surface area (Å²) < 4.78 is 2.49. The molecule has 0 saturated carbocycles. The zero-order chi connectivity index (χ0) is 44.3. The van der Waals surface area contributed by atoms with Gasteiger partial charge in [-0.1, -0.05) is 200 Å². The summed E-state index contributed by atoms with van der Waals surface area (Å²) in [4.78, 5) is 16.2. The van der Waals surface area contributed by atoms with Crippen LogP contribution in [-0.4, -0.2) is 19.5 Å². The van der Waals surface area contributed by atoms with Gasteiger partial charge >= 0.3 is 0 Å². The largest absolute Gasteiger partial charge is 0.308 e. The first-order chi connectivity index (χ1) is 33.2. The molecule has 0 saturated heterocycles. The highest BCUT2D eigenvalue weighted by molar-refractivity contribution is 6.15. The molecule has 0 aliphatic carbocycles. The fourth-order valence-corrected chi connectivity index (χ4v) is 9.96. The van der Waals surface area contributed by atoms with E-state index in [1.165, 1.54) is 26.9 Å². The molecule has 0 unspecified atom stereocenters. The molecule has 67 heavy (non-hydrogen) atoms. The molecule has 2 aromatic heterocycles. The molecule has 0 radical (unpaired) electrons. The standard InChI is InChI=1S/C63H40N4/c1-3-17-41(18-4-1)46-27-15-28-49(35-46)56-39-51(62-64-61(50-34-33-42-19-7-8-23-45(42)36-50)65-63(66-62)54-31-16-26-43-22-11-12-29-52(43)54)38-55(44-20-5-2-6-21-44)60(56)67-58-32-14-13-30-53(58)57-37-47-24-9-10-25-48(47)40-59(57)67/h1-40H. The van der Waals surface area contributed by atoms with Crippen molar-refractivity contribution >= 4 is 54.1 Å². The number of hydrogen-bond acceptors (Lipinski definition) is 3. The van der Waals surface area contributed by atoms with Crippen LogP contribution in [0, 0.1) is 0 Å². The minimum absolute atomic E-state index is 0.596. The summed E-state index contributed by atoms with van der Waals surface area (Å²) in [5.74, 6) is 1.83. The van der Waals surface area contributed by atoms with Crippen LogP contribution in [0.15, 0.2) is 243 Å². The second kappa shape index (κ2) is 15.9.